The van der Waals surface area contributed by atoms with E-state index in [0.29, 0.717) is 21.7 Å². The van der Waals surface area contributed by atoms with Crippen LogP contribution in [0, 0.1) is 0 Å². The van der Waals surface area contributed by atoms with E-state index in [1.54, 1.807) is 12.4 Å². The Hall–Kier alpha value is -2.96. The van der Waals surface area contributed by atoms with E-state index in [4.69, 9.17) is 0 Å². The molecular weight excluding hydrogens is 286 g/mol. The molecule has 2 aromatic heterocycles. The van der Waals surface area contributed by atoms with E-state index in [-0.39, 0.29) is 29.7 Å². The molecule has 1 fully saturated rings. The van der Waals surface area contributed by atoms with Crippen LogP contribution < -0.4 is 16.3 Å². The summed E-state index contributed by atoms with van der Waals surface area (Å²) in [5.41, 5.74) is -0.00595. The van der Waals surface area contributed by atoms with E-state index in [0.717, 1.165) is 0 Å². The third-order valence-corrected chi connectivity index (χ3v) is 4.14. The highest BCUT2D eigenvalue weighted by Crippen LogP contribution is 2.27. The number of benzene rings is 1. The largest absolute Gasteiger partial charge is 0.365 e. The van der Waals surface area contributed by atoms with Crippen LogP contribution in [0.1, 0.15) is 18.9 Å². The molecule has 1 atom stereocenters. The molecule has 3 aromatic rings. The number of amides is 2. The Morgan fingerprint density at radius 2 is 1.86 bits per heavy atom. The predicted octanol–water partition coefficient (Wildman–Crippen LogP) is 0.259. The zero-order valence-corrected chi connectivity index (χ0v) is 11.4. The van der Waals surface area contributed by atoms with Crippen LogP contribution in [-0.2, 0) is 9.59 Å². The quantitative estimate of drug-likeness (QED) is 0.629. The second-order valence-corrected chi connectivity index (χ2v) is 5.38. The summed E-state index contributed by atoms with van der Waals surface area (Å²) in [6.07, 6.45) is 3.60. The molecule has 1 unspecified atom stereocenters. The number of aromatic amines is 1. The van der Waals surface area contributed by atoms with Crippen molar-refractivity contribution in [1.82, 2.24) is 14.9 Å². The molecule has 110 valence electrons. The lowest BCUT2D eigenvalue weighted by atomic mass is 10.1. The van der Waals surface area contributed by atoms with Crippen LogP contribution in [0.4, 0.5) is 0 Å². The fraction of sp³-hybridized carbons (Fsp3) is 0.200. The normalized spacial score (nSPS) is 19.0. The van der Waals surface area contributed by atoms with Crippen molar-refractivity contribution in [3.63, 3.8) is 0 Å². The summed E-state index contributed by atoms with van der Waals surface area (Å²) in [5, 5.41) is 3.63. The molecule has 1 saturated heterocycles. The van der Waals surface area contributed by atoms with Crippen molar-refractivity contribution in [3.05, 3.63) is 45.1 Å². The molecule has 0 radical (unpaired) electrons. The maximum Gasteiger partial charge on any atom is 0.259 e. The number of aromatic nitrogens is 2. The Balaban J connectivity index is 2.07. The van der Waals surface area contributed by atoms with Gasteiger partial charge in [-0.2, -0.15) is 0 Å². The van der Waals surface area contributed by atoms with Gasteiger partial charge in [0.1, 0.15) is 6.04 Å². The number of H-pyrrole nitrogens is 1. The zero-order valence-electron chi connectivity index (χ0n) is 11.4. The summed E-state index contributed by atoms with van der Waals surface area (Å²) >= 11 is 0. The maximum absolute atomic E-state index is 12.7. The minimum Gasteiger partial charge on any atom is -0.365 e. The van der Waals surface area contributed by atoms with E-state index >= 15 is 0 Å². The molecule has 0 spiro atoms. The highest BCUT2D eigenvalue weighted by molar-refractivity contribution is 6.09. The summed E-state index contributed by atoms with van der Waals surface area (Å²) in [6, 6.07) is 2.09. The van der Waals surface area contributed by atoms with Gasteiger partial charge in [0, 0.05) is 29.6 Å². The number of hydrogen-bond acceptors (Lipinski definition) is 4. The zero-order chi connectivity index (χ0) is 15.4. The fourth-order valence-corrected chi connectivity index (χ4v) is 3.14. The molecule has 2 N–H and O–H groups in total. The molecule has 3 heterocycles. The number of imide groups is 1. The number of carbonyl (C=O) groups excluding carboxylic acids is 2. The topological polar surface area (TPSA) is 101 Å². The van der Waals surface area contributed by atoms with Crippen LogP contribution in [0.15, 0.2) is 34.1 Å². The first-order valence-corrected chi connectivity index (χ1v) is 6.89. The summed E-state index contributed by atoms with van der Waals surface area (Å²) in [5.74, 6) is -0.825. The van der Waals surface area contributed by atoms with E-state index in [1.165, 1.54) is 16.7 Å². The van der Waals surface area contributed by atoms with Crippen LogP contribution in [-0.4, -0.2) is 21.4 Å². The molecule has 22 heavy (non-hydrogen) atoms. The third-order valence-electron chi connectivity index (χ3n) is 4.14. The Labute approximate surface area is 122 Å². The molecule has 1 aliphatic rings. The van der Waals surface area contributed by atoms with E-state index in [1.807, 2.05) is 0 Å². The van der Waals surface area contributed by atoms with Gasteiger partial charge < -0.3 is 4.98 Å². The van der Waals surface area contributed by atoms with E-state index in [2.05, 4.69) is 10.3 Å². The van der Waals surface area contributed by atoms with Crippen molar-refractivity contribution < 1.29 is 9.59 Å². The summed E-state index contributed by atoms with van der Waals surface area (Å²) in [4.78, 5) is 50.8. The van der Waals surface area contributed by atoms with Crippen molar-refractivity contribution in [2.24, 2.45) is 0 Å². The first kappa shape index (κ1) is 12.8. The lowest BCUT2D eigenvalue weighted by Gasteiger charge is -2.22. The van der Waals surface area contributed by atoms with Crippen LogP contribution in [0.2, 0.25) is 0 Å². The average molecular weight is 297 g/mol. The number of nitrogens with zero attached hydrogens (tertiary/aromatic N) is 1. The highest BCUT2D eigenvalue weighted by atomic mass is 16.2. The molecule has 7 nitrogen and oxygen atoms in total. The molecule has 2 amide bonds. The van der Waals surface area contributed by atoms with Crippen molar-refractivity contribution in [1.29, 1.82) is 0 Å². The highest BCUT2D eigenvalue weighted by Gasteiger charge is 2.31. The number of rotatable bonds is 1. The number of piperidine rings is 1. The van der Waals surface area contributed by atoms with Gasteiger partial charge in [-0.3, -0.25) is 29.1 Å². The van der Waals surface area contributed by atoms with Crippen molar-refractivity contribution >= 4 is 33.5 Å². The first-order chi connectivity index (χ1) is 10.6. The smallest absolute Gasteiger partial charge is 0.259 e. The van der Waals surface area contributed by atoms with Crippen LogP contribution in [0.5, 0.6) is 0 Å². The summed E-state index contributed by atoms with van der Waals surface area (Å²) < 4.78 is 1.37. The lowest BCUT2D eigenvalue weighted by molar-refractivity contribution is -0.135. The summed E-state index contributed by atoms with van der Waals surface area (Å²) in [7, 11) is 0. The Bertz CT molecular complexity index is 1050. The standard InChI is InChI=1S/C15H11N3O4/c19-11-3-1-7-13-8(11)5-16-6-10(13)18(15(7)22)9-2-4-12(20)17-14(9)21/h1,3,5-6,9,16H,2,4H2,(H,17,20,21). The monoisotopic (exact) mass is 297 g/mol. The molecule has 0 aliphatic carbocycles. The van der Waals surface area contributed by atoms with Crippen molar-refractivity contribution in [2.45, 2.75) is 18.9 Å². The number of nitrogens with one attached hydrogen (secondary N) is 2. The van der Waals surface area contributed by atoms with Crippen molar-refractivity contribution in [3.8, 4) is 0 Å². The summed E-state index contributed by atoms with van der Waals surface area (Å²) in [6.45, 7) is 0. The number of carbonyl (C=O) groups is 2. The molecule has 4 rings (SSSR count). The van der Waals surface area contributed by atoms with Gasteiger partial charge in [-0.05, 0) is 18.6 Å². The second kappa shape index (κ2) is 4.27. The van der Waals surface area contributed by atoms with E-state index in [9.17, 15) is 19.2 Å². The van der Waals surface area contributed by atoms with Crippen LogP contribution in [0.3, 0.4) is 0 Å². The molecule has 0 bridgehead atoms. The fourth-order valence-electron chi connectivity index (χ4n) is 3.14. The van der Waals surface area contributed by atoms with Crippen molar-refractivity contribution in [2.75, 3.05) is 0 Å². The van der Waals surface area contributed by atoms with Crippen LogP contribution >= 0.6 is 0 Å². The van der Waals surface area contributed by atoms with Gasteiger partial charge in [0.25, 0.3) is 5.56 Å². The average Bonchev–Trinajstić information content (AvgIpc) is 2.77. The van der Waals surface area contributed by atoms with Gasteiger partial charge in [-0.25, -0.2) is 0 Å². The first-order valence-electron chi connectivity index (χ1n) is 6.89. The molecule has 7 heteroatoms. The van der Waals surface area contributed by atoms with E-state index < -0.39 is 11.9 Å². The van der Waals surface area contributed by atoms with Gasteiger partial charge in [0.05, 0.1) is 10.9 Å². The second-order valence-electron chi connectivity index (χ2n) is 5.38. The van der Waals surface area contributed by atoms with Crippen LogP contribution in [0.25, 0.3) is 21.7 Å². The van der Waals surface area contributed by atoms with Gasteiger partial charge in [-0.15, -0.1) is 0 Å². The lowest BCUT2D eigenvalue weighted by Crippen LogP contribution is -2.43. The Kier molecular flexibility index (Phi) is 2.47. The number of hydrogen-bond donors (Lipinski definition) is 2. The molecule has 0 saturated carbocycles. The molecule has 1 aromatic carbocycles. The van der Waals surface area contributed by atoms with Gasteiger partial charge in [-0.1, -0.05) is 0 Å². The molecular formula is C15H11N3O4. The Morgan fingerprint density at radius 3 is 2.64 bits per heavy atom. The minimum atomic E-state index is -0.744. The minimum absolute atomic E-state index is 0.184. The van der Waals surface area contributed by atoms with Gasteiger partial charge >= 0.3 is 0 Å². The maximum atomic E-state index is 12.7. The molecule has 1 aliphatic heterocycles. The SMILES string of the molecule is O=C1CCC(n2c(=O)c3ccc(=O)c4c[nH]cc2c43)C(=O)N1. The van der Waals surface area contributed by atoms with Gasteiger partial charge in [0.15, 0.2) is 5.43 Å². The Morgan fingerprint density at radius 1 is 1.05 bits per heavy atom. The van der Waals surface area contributed by atoms with Gasteiger partial charge in [0.2, 0.25) is 11.8 Å². The predicted molar refractivity (Wildman–Crippen MR) is 78.9 cm³/mol. The third kappa shape index (κ3) is 1.56. The number of pyridine rings is 1.